The first-order chi connectivity index (χ1) is 9.40. The third-order valence-corrected chi connectivity index (χ3v) is 2.66. The molecular weight excluding hydrogens is 262 g/mol. The Balaban J connectivity index is 2.57. The van der Waals surface area contributed by atoms with Crippen molar-refractivity contribution in [1.82, 2.24) is 10.6 Å². The number of rotatable bonds is 6. The number of hydrogen-bond donors (Lipinski definition) is 4. The van der Waals surface area contributed by atoms with E-state index in [1.54, 1.807) is 6.92 Å². The molecule has 20 heavy (non-hydrogen) atoms. The van der Waals surface area contributed by atoms with E-state index in [2.05, 4.69) is 10.6 Å². The molecule has 1 unspecified atom stereocenters. The van der Waals surface area contributed by atoms with Crippen LogP contribution in [0.25, 0.3) is 0 Å². The van der Waals surface area contributed by atoms with Crippen molar-refractivity contribution in [2.24, 2.45) is 5.73 Å². The number of primary amides is 1. The van der Waals surface area contributed by atoms with Crippen molar-refractivity contribution in [3.8, 4) is 0 Å². The smallest absolute Gasteiger partial charge is 0.326 e. The molecule has 2 atom stereocenters. The minimum Gasteiger partial charge on any atom is -0.480 e. The number of nitrogens with one attached hydrogen (secondary N) is 2. The molecule has 3 amide bonds. The van der Waals surface area contributed by atoms with Gasteiger partial charge in [-0.3, -0.25) is 4.79 Å². The molecule has 0 aliphatic heterocycles. The van der Waals surface area contributed by atoms with Crippen LogP contribution in [-0.2, 0) is 9.59 Å². The molecule has 0 aliphatic carbocycles. The summed E-state index contributed by atoms with van der Waals surface area (Å²) in [6.45, 7) is 1.76. The normalized spacial score (nSPS) is 13.1. The number of aliphatic carboxylic acids is 1. The van der Waals surface area contributed by atoms with Crippen molar-refractivity contribution in [2.45, 2.75) is 25.4 Å². The van der Waals surface area contributed by atoms with E-state index >= 15 is 0 Å². The van der Waals surface area contributed by atoms with Crippen LogP contribution in [0.5, 0.6) is 0 Å². The fourth-order valence-corrected chi connectivity index (χ4v) is 1.62. The first-order valence-corrected chi connectivity index (χ1v) is 6.03. The molecule has 1 rings (SSSR count). The van der Waals surface area contributed by atoms with Crippen LogP contribution in [-0.4, -0.2) is 29.1 Å². The Morgan fingerprint density at radius 1 is 1.20 bits per heavy atom. The van der Waals surface area contributed by atoms with E-state index in [-0.39, 0.29) is 6.04 Å². The lowest BCUT2D eigenvalue weighted by Crippen LogP contribution is -2.48. The molecule has 0 saturated heterocycles. The third kappa shape index (κ3) is 4.97. The fraction of sp³-hybridized carbons (Fsp3) is 0.308. The molecule has 0 heterocycles. The topological polar surface area (TPSA) is 122 Å². The van der Waals surface area contributed by atoms with Crippen molar-refractivity contribution in [3.05, 3.63) is 35.9 Å². The molecule has 108 valence electrons. The lowest BCUT2D eigenvalue weighted by Gasteiger charge is -2.17. The predicted molar refractivity (Wildman–Crippen MR) is 71.8 cm³/mol. The maximum atomic E-state index is 11.7. The van der Waals surface area contributed by atoms with Gasteiger partial charge in [0.1, 0.15) is 6.04 Å². The summed E-state index contributed by atoms with van der Waals surface area (Å²) in [7, 11) is 0. The Bertz CT molecular complexity index is 490. The molecule has 1 aromatic rings. The average Bonchev–Trinajstić information content (AvgIpc) is 2.38. The fourth-order valence-electron chi connectivity index (χ4n) is 1.62. The summed E-state index contributed by atoms with van der Waals surface area (Å²) in [5.74, 6) is -2.11. The number of urea groups is 1. The van der Waals surface area contributed by atoms with Crippen LogP contribution >= 0.6 is 0 Å². The van der Waals surface area contributed by atoms with E-state index in [4.69, 9.17) is 10.8 Å². The quantitative estimate of drug-likeness (QED) is 0.601. The van der Waals surface area contributed by atoms with Gasteiger partial charge in [0.05, 0.1) is 12.5 Å². The number of amides is 3. The standard InChI is InChI=1S/C13H17N3O4/c1-8(9-5-3-2-4-6-9)15-13(20)16-10(12(18)19)7-11(14)17/h2-6,8,10H,7H2,1H3,(H2,14,17)(H,18,19)(H2,15,16,20)/t8?,10-/m0/s1. The zero-order valence-corrected chi connectivity index (χ0v) is 11.0. The van der Waals surface area contributed by atoms with Gasteiger partial charge in [0, 0.05) is 0 Å². The van der Waals surface area contributed by atoms with E-state index in [1.165, 1.54) is 0 Å². The van der Waals surface area contributed by atoms with Crippen LogP contribution in [0.4, 0.5) is 4.79 Å². The Morgan fingerprint density at radius 2 is 1.80 bits per heavy atom. The van der Waals surface area contributed by atoms with Gasteiger partial charge in [-0.05, 0) is 12.5 Å². The van der Waals surface area contributed by atoms with Gasteiger partial charge in [-0.25, -0.2) is 9.59 Å². The summed E-state index contributed by atoms with van der Waals surface area (Å²) in [6, 6.07) is 6.89. The summed E-state index contributed by atoms with van der Waals surface area (Å²) in [5, 5.41) is 13.7. The molecule has 0 aromatic heterocycles. The van der Waals surface area contributed by atoms with E-state index in [1.807, 2.05) is 30.3 Å². The van der Waals surface area contributed by atoms with Gasteiger partial charge in [-0.2, -0.15) is 0 Å². The molecule has 1 aromatic carbocycles. The molecule has 0 saturated carbocycles. The van der Waals surface area contributed by atoms with E-state index in [0.717, 1.165) is 5.56 Å². The van der Waals surface area contributed by atoms with Crippen molar-refractivity contribution in [3.63, 3.8) is 0 Å². The highest BCUT2D eigenvalue weighted by Crippen LogP contribution is 2.10. The maximum Gasteiger partial charge on any atom is 0.326 e. The van der Waals surface area contributed by atoms with Gasteiger partial charge in [-0.1, -0.05) is 30.3 Å². The van der Waals surface area contributed by atoms with Gasteiger partial charge >= 0.3 is 12.0 Å². The van der Waals surface area contributed by atoms with Gasteiger partial charge in [0.15, 0.2) is 0 Å². The molecule has 5 N–H and O–H groups in total. The summed E-state index contributed by atoms with van der Waals surface area (Å²) >= 11 is 0. The maximum absolute atomic E-state index is 11.7. The SMILES string of the molecule is CC(NC(=O)N[C@@H](CC(N)=O)C(=O)O)c1ccccc1. The monoisotopic (exact) mass is 279 g/mol. The predicted octanol–water partition coefficient (Wildman–Crippen LogP) is 0.375. The third-order valence-electron chi connectivity index (χ3n) is 2.66. The van der Waals surface area contributed by atoms with E-state index in [0.29, 0.717) is 0 Å². The highest BCUT2D eigenvalue weighted by molar-refractivity contribution is 5.87. The highest BCUT2D eigenvalue weighted by atomic mass is 16.4. The minimum absolute atomic E-state index is 0.292. The van der Waals surface area contributed by atoms with Crippen molar-refractivity contribution in [2.75, 3.05) is 0 Å². The molecule has 7 nitrogen and oxygen atoms in total. The van der Waals surface area contributed by atoms with Gasteiger partial charge < -0.3 is 21.5 Å². The van der Waals surface area contributed by atoms with Gasteiger partial charge in [0.2, 0.25) is 5.91 Å². The first-order valence-electron chi connectivity index (χ1n) is 6.03. The summed E-state index contributed by atoms with van der Waals surface area (Å²) in [6.07, 6.45) is -0.456. The van der Waals surface area contributed by atoms with Crippen LogP contribution in [0.15, 0.2) is 30.3 Å². The number of carboxylic acids is 1. The van der Waals surface area contributed by atoms with Crippen molar-refractivity contribution in [1.29, 1.82) is 0 Å². The molecule has 0 spiro atoms. The highest BCUT2D eigenvalue weighted by Gasteiger charge is 2.22. The Morgan fingerprint density at radius 3 is 2.30 bits per heavy atom. The van der Waals surface area contributed by atoms with Gasteiger partial charge in [-0.15, -0.1) is 0 Å². The Labute approximate surface area is 116 Å². The largest absolute Gasteiger partial charge is 0.480 e. The van der Waals surface area contributed by atoms with Crippen LogP contribution in [0.1, 0.15) is 24.9 Å². The number of carboxylic acid groups (broad SMARTS) is 1. The number of hydrogen-bond acceptors (Lipinski definition) is 3. The van der Waals surface area contributed by atoms with Crippen LogP contribution in [0.2, 0.25) is 0 Å². The Hall–Kier alpha value is -2.57. The summed E-state index contributed by atoms with van der Waals surface area (Å²) < 4.78 is 0. The molecule has 0 fully saturated rings. The molecule has 0 aliphatic rings. The Kier molecular flexibility index (Phi) is 5.52. The lowest BCUT2D eigenvalue weighted by atomic mass is 10.1. The van der Waals surface area contributed by atoms with Gasteiger partial charge in [0.25, 0.3) is 0 Å². The zero-order chi connectivity index (χ0) is 15.1. The van der Waals surface area contributed by atoms with Crippen molar-refractivity contribution >= 4 is 17.9 Å². The average molecular weight is 279 g/mol. The summed E-state index contributed by atoms with van der Waals surface area (Å²) in [5.41, 5.74) is 5.80. The second-order valence-electron chi connectivity index (χ2n) is 4.31. The van der Waals surface area contributed by atoms with E-state index in [9.17, 15) is 14.4 Å². The van der Waals surface area contributed by atoms with Crippen molar-refractivity contribution < 1.29 is 19.5 Å². The molecule has 0 bridgehead atoms. The van der Waals surface area contributed by atoms with Crippen LogP contribution < -0.4 is 16.4 Å². The first kappa shape index (κ1) is 15.5. The number of benzene rings is 1. The minimum atomic E-state index is -1.34. The summed E-state index contributed by atoms with van der Waals surface area (Å²) in [4.78, 5) is 33.3. The second-order valence-corrected chi connectivity index (χ2v) is 4.31. The molecule has 0 radical (unpaired) electrons. The van der Waals surface area contributed by atoms with E-state index < -0.39 is 30.4 Å². The molecule has 7 heteroatoms. The lowest BCUT2D eigenvalue weighted by molar-refractivity contribution is -0.140. The van der Waals surface area contributed by atoms with Crippen LogP contribution in [0.3, 0.4) is 0 Å². The number of carbonyl (C=O) groups is 3. The number of nitrogens with two attached hydrogens (primary N) is 1. The second kappa shape index (κ2) is 7.13. The molecular formula is C13H17N3O4. The zero-order valence-electron chi connectivity index (χ0n) is 11.0. The number of carbonyl (C=O) groups excluding carboxylic acids is 2. The van der Waals surface area contributed by atoms with Crippen LogP contribution in [0, 0.1) is 0 Å².